The van der Waals surface area contributed by atoms with Crippen molar-refractivity contribution in [1.82, 2.24) is 5.32 Å². The summed E-state index contributed by atoms with van der Waals surface area (Å²) in [6.45, 7) is 2.46. The van der Waals surface area contributed by atoms with Crippen molar-refractivity contribution in [2.75, 3.05) is 6.54 Å². The maximum absolute atomic E-state index is 11.3. The van der Waals surface area contributed by atoms with Crippen LogP contribution in [0.1, 0.15) is 23.9 Å². The summed E-state index contributed by atoms with van der Waals surface area (Å²) in [5, 5.41) is 2.68. The zero-order chi connectivity index (χ0) is 9.68. The lowest BCUT2D eigenvalue weighted by Crippen LogP contribution is -2.36. The van der Waals surface area contributed by atoms with Gasteiger partial charge in [-0.3, -0.25) is 4.79 Å². The first-order valence-corrected chi connectivity index (χ1v) is 4.31. The molecule has 1 atom stereocenters. The molecule has 13 heavy (non-hydrogen) atoms. The zero-order valence-electron chi connectivity index (χ0n) is 7.62. The van der Waals surface area contributed by atoms with Gasteiger partial charge in [0.05, 0.1) is 6.26 Å². The molecular formula is C9H14N2O2. The third-order valence-electron chi connectivity index (χ3n) is 1.79. The molecule has 1 rings (SSSR count). The summed E-state index contributed by atoms with van der Waals surface area (Å²) < 4.78 is 4.91. The van der Waals surface area contributed by atoms with Gasteiger partial charge in [-0.15, -0.1) is 0 Å². The monoisotopic (exact) mass is 182 g/mol. The Kier molecular flexibility index (Phi) is 3.52. The molecule has 1 amide bonds. The Hall–Kier alpha value is -1.29. The lowest BCUT2D eigenvalue weighted by Gasteiger charge is -2.08. The quantitative estimate of drug-likeness (QED) is 0.721. The Morgan fingerprint density at radius 1 is 1.77 bits per heavy atom. The molecule has 4 nitrogen and oxygen atoms in total. The molecule has 0 bridgehead atoms. The van der Waals surface area contributed by atoms with Crippen LogP contribution in [0.3, 0.4) is 0 Å². The van der Waals surface area contributed by atoms with Crippen molar-refractivity contribution >= 4 is 5.91 Å². The van der Waals surface area contributed by atoms with E-state index >= 15 is 0 Å². The van der Waals surface area contributed by atoms with Crippen molar-refractivity contribution < 1.29 is 9.21 Å². The summed E-state index contributed by atoms with van der Waals surface area (Å²) in [5.74, 6) is 0.109. The average molecular weight is 182 g/mol. The van der Waals surface area contributed by atoms with Crippen molar-refractivity contribution in [3.05, 3.63) is 24.2 Å². The largest absolute Gasteiger partial charge is 0.459 e. The van der Waals surface area contributed by atoms with Gasteiger partial charge in [-0.05, 0) is 18.6 Å². The third kappa shape index (κ3) is 2.91. The van der Waals surface area contributed by atoms with Crippen LogP contribution in [0.5, 0.6) is 0 Å². The Labute approximate surface area is 77.1 Å². The first-order valence-electron chi connectivity index (χ1n) is 4.31. The molecule has 0 aliphatic heterocycles. The average Bonchev–Trinajstić information content (AvgIpc) is 2.66. The molecule has 3 N–H and O–H groups in total. The van der Waals surface area contributed by atoms with Crippen molar-refractivity contribution in [1.29, 1.82) is 0 Å². The van der Waals surface area contributed by atoms with Gasteiger partial charge in [0.2, 0.25) is 0 Å². The number of hydrogen-bond donors (Lipinski definition) is 2. The normalized spacial score (nSPS) is 12.5. The fourth-order valence-corrected chi connectivity index (χ4v) is 0.863. The predicted molar refractivity (Wildman–Crippen MR) is 49.3 cm³/mol. The predicted octanol–water partition coefficient (Wildman–Crippen LogP) is 0.747. The highest BCUT2D eigenvalue weighted by Gasteiger charge is 2.08. The fourth-order valence-electron chi connectivity index (χ4n) is 0.863. The van der Waals surface area contributed by atoms with Crippen molar-refractivity contribution in [2.24, 2.45) is 5.73 Å². The number of nitrogens with two attached hydrogens (primary N) is 1. The van der Waals surface area contributed by atoms with E-state index in [0.29, 0.717) is 12.3 Å². The number of furan rings is 1. The minimum absolute atomic E-state index is 0.0129. The summed E-state index contributed by atoms with van der Waals surface area (Å²) in [7, 11) is 0. The summed E-state index contributed by atoms with van der Waals surface area (Å²) in [4.78, 5) is 11.3. The van der Waals surface area contributed by atoms with E-state index in [1.807, 2.05) is 6.92 Å². The van der Waals surface area contributed by atoms with E-state index in [0.717, 1.165) is 6.42 Å². The minimum Gasteiger partial charge on any atom is -0.459 e. The first-order chi connectivity index (χ1) is 6.24. The molecular weight excluding hydrogens is 168 g/mol. The standard InChI is InChI=1S/C9H14N2O2/c1-2-7(10)6-11-9(12)8-4-3-5-13-8/h3-5,7H,2,6,10H2,1H3,(H,11,12). The van der Waals surface area contributed by atoms with E-state index in [1.165, 1.54) is 6.26 Å². The molecule has 1 aromatic rings. The van der Waals surface area contributed by atoms with Crippen molar-refractivity contribution in [2.45, 2.75) is 19.4 Å². The molecule has 0 saturated heterocycles. The van der Waals surface area contributed by atoms with Gasteiger partial charge in [0.1, 0.15) is 0 Å². The second-order valence-corrected chi connectivity index (χ2v) is 2.86. The Morgan fingerprint density at radius 3 is 3.08 bits per heavy atom. The smallest absolute Gasteiger partial charge is 0.287 e. The molecule has 4 heteroatoms. The molecule has 0 aromatic carbocycles. The van der Waals surface area contributed by atoms with Crippen LogP contribution < -0.4 is 11.1 Å². The second kappa shape index (κ2) is 4.67. The van der Waals surface area contributed by atoms with Crippen LogP contribution in [0.4, 0.5) is 0 Å². The molecule has 0 spiro atoms. The van der Waals surface area contributed by atoms with E-state index in [2.05, 4.69) is 5.32 Å². The topological polar surface area (TPSA) is 68.3 Å². The Morgan fingerprint density at radius 2 is 2.54 bits per heavy atom. The Balaban J connectivity index is 2.35. The van der Waals surface area contributed by atoms with Crippen LogP contribution in [0.2, 0.25) is 0 Å². The fraction of sp³-hybridized carbons (Fsp3) is 0.444. The zero-order valence-corrected chi connectivity index (χ0v) is 7.62. The molecule has 1 aromatic heterocycles. The summed E-state index contributed by atoms with van der Waals surface area (Å²) in [6, 6.07) is 3.31. The maximum atomic E-state index is 11.3. The van der Waals surface area contributed by atoms with Crippen molar-refractivity contribution in [3.8, 4) is 0 Å². The SMILES string of the molecule is CCC(N)CNC(=O)c1ccco1. The van der Waals surface area contributed by atoms with Crippen LogP contribution in [-0.2, 0) is 0 Å². The number of rotatable bonds is 4. The van der Waals surface area contributed by atoms with E-state index in [4.69, 9.17) is 10.2 Å². The maximum Gasteiger partial charge on any atom is 0.287 e. The Bertz CT molecular complexity index is 257. The van der Waals surface area contributed by atoms with Gasteiger partial charge in [-0.2, -0.15) is 0 Å². The van der Waals surface area contributed by atoms with Gasteiger partial charge in [-0.25, -0.2) is 0 Å². The lowest BCUT2D eigenvalue weighted by molar-refractivity contribution is 0.0923. The lowest BCUT2D eigenvalue weighted by atomic mass is 10.2. The van der Waals surface area contributed by atoms with E-state index < -0.39 is 0 Å². The van der Waals surface area contributed by atoms with Gasteiger partial charge >= 0.3 is 0 Å². The number of carbonyl (C=O) groups excluding carboxylic acids is 1. The van der Waals surface area contributed by atoms with E-state index in [9.17, 15) is 4.79 Å². The second-order valence-electron chi connectivity index (χ2n) is 2.86. The molecule has 0 saturated carbocycles. The van der Waals surface area contributed by atoms with Gasteiger partial charge in [0.25, 0.3) is 5.91 Å². The minimum atomic E-state index is -0.214. The molecule has 0 radical (unpaired) electrons. The molecule has 1 heterocycles. The van der Waals surface area contributed by atoms with Crippen molar-refractivity contribution in [3.63, 3.8) is 0 Å². The van der Waals surface area contributed by atoms with Crippen LogP contribution in [0.15, 0.2) is 22.8 Å². The third-order valence-corrected chi connectivity index (χ3v) is 1.79. The van der Waals surface area contributed by atoms with Gasteiger partial charge in [0, 0.05) is 12.6 Å². The van der Waals surface area contributed by atoms with E-state index in [1.54, 1.807) is 12.1 Å². The molecule has 1 unspecified atom stereocenters. The number of hydrogen-bond acceptors (Lipinski definition) is 3. The van der Waals surface area contributed by atoms with Gasteiger partial charge in [0.15, 0.2) is 5.76 Å². The molecule has 0 fully saturated rings. The summed E-state index contributed by atoms with van der Waals surface area (Å²) in [6.07, 6.45) is 2.31. The molecule has 0 aliphatic carbocycles. The van der Waals surface area contributed by atoms with Gasteiger partial charge in [-0.1, -0.05) is 6.92 Å². The molecule has 72 valence electrons. The highest BCUT2D eigenvalue weighted by molar-refractivity contribution is 5.91. The van der Waals surface area contributed by atoms with Crippen LogP contribution >= 0.6 is 0 Å². The van der Waals surface area contributed by atoms with Gasteiger partial charge < -0.3 is 15.5 Å². The highest BCUT2D eigenvalue weighted by atomic mass is 16.3. The first kappa shape index (κ1) is 9.80. The molecule has 0 aliphatic rings. The van der Waals surface area contributed by atoms with Crippen LogP contribution in [-0.4, -0.2) is 18.5 Å². The van der Waals surface area contributed by atoms with E-state index in [-0.39, 0.29) is 11.9 Å². The van der Waals surface area contributed by atoms with Crippen LogP contribution in [0.25, 0.3) is 0 Å². The number of amides is 1. The number of nitrogens with one attached hydrogen (secondary N) is 1. The number of carbonyl (C=O) groups is 1. The summed E-state index contributed by atoms with van der Waals surface area (Å²) >= 11 is 0. The summed E-state index contributed by atoms with van der Waals surface area (Å²) in [5.41, 5.74) is 5.63. The van der Waals surface area contributed by atoms with Crippen LogP contribution in [0, 0.1) is 0 Å². The highest BCUT2D eigenvalue weighted by Crippen LogP contribution is 1.98.